The van der Waals surface area contributed by atoms with Crippen LogP contribution in [0.3, 0.4) is 0 Å². The number of benzene rings is 1. The third kappa shape index (κ3) is 4.57. The second-order valence-corrected chi connectivity index (χ2v) is 6.80. The molecule has 3 rings (SSSR count). The first-order valence-electron chi connectivity index (χ1n) is 9.03. The Morgan fingerprint density at radius 3 is 2.66 bits per heavy atom. The normalized spacial score (nSPS) is 17.6. The second kappa shape index (κ2) is 8.35. The molecule has 0 N–H and O–H groups in total. The summed E-state index contributed by atoms with van der Waals surface area (Å²) in [5, 5.41) is 9.01. The van der Waals surface area contributed by atoms with Gasteiger partial charge in [0.15, 0.2) is 5.78 Å². The lowest BCUT2D eigenvalue weighted by Gasteiger charge is -2.19. The number of pyridine rings is 1. The first kappa shape index (κ1) is 20.4. The number of methoxy groups -OCH3 is 1. The lowest BCUT2D eigenvalue weighted by molar-refractivity contribution is -0.132. The van der Waals surface area contributed by atoms with E-state index in [0.29, 0.717) is 16.9 Å². The molecule has 0 saturated carbocycles. The van der Waals surface area contributed by atoms with Crippen LogP contribution in [0.25, 0.3) is 11.1 Å². The molecule has 0 aliphatic carbocycles. The van der Waals surface area contributed by atoms with Gasteiger partial charge in [0.2, 0.25) is 5.91 Å². The van der Waals surface area contributed by atoms with Gasteiger partial charge in [-0.05, 0) is 23.8 Å². The molecular weight excluding hydrogens is 380 g/mol. The molecular formula is C21H19F2N3O3. The van der Waals surface area contributed by atoms with Crippen LogP contribution in [0.4, 0.5) is 8.78 Å². The summed E-state index contributed by atoms with van der Waals surface area (Å²) in [6.07, 6.45) is 1.98. The number of hydrogen-bond donors (Lipinski definition) is 0. The highest BCUT2D eigenvalue weighted by atomic mass is 19.3. The standard InChI is InChI=1S/C21H19F2N3O3/c1-29-16-4-2-14(3-5-16)18-12-25-9-8-17(18)19(27)6-7-20(28)26-13-21(22,23)10-15(26)11-24/h2-5,8-9,12,15H,6-7,10,13H2,1H3/t15-/m0/s1. The van der Waals surface area contributed by atoms with Crippen molar-refractivity contribution in [3.05, 3.63) is 48.3 Å². The molecule has 1 atom stereocenters. The van der Waals surface area contributed by atoms with Gasteiger partial charge in [-0.3, -0.25) is 14.6 Å². The molecule has 1 aliphatic heterocycles. The number of carbonyl (C=O) groups is 2. The van der Waals surface area contributed by atoms with Crippen molar-refractivity contribution in [1.29, 1.82) is 5.26 Å². The molecule has 29 heavy (non-hydrogen) atoms. The van der Waals surface area contributed by atoms with Crippen molar-refractivity contribution in [1.82, 2.24) is 9.88 Å². The maximum Gasteiger partial charge on any atom is 0.268 e. The number of alkyl halides is 2. The van der Waals surface area contributed by atoms with Crippen LogP contribution in [0.15, 0.2) is 42.7 Å². The topological polar surface area (TPSA) is 83.3 Å². The molecule has 150 valence electrons. The highest BCUT2D eigenvalue weighted by molar-refractivity contribution is 6.03. The monoisotopic (exact) mass is 399 g/mol. The Labute approximate surface area is 166 Å². The predicted molar refractivity (Wildman–Crippen MR) is 100 cm³/mol. The summed E-state index contributed by atoms with van der Waals surface area (Å²) in [5.74, 6) is -3.33. The average Bonchev–Trinajstić information content (AvgIpc) is 3.06. The molecule has 1 aromatic carbocycles. The lowest BCUT2D eigenvalue weighted by atomic mass is 9.97. The van der Waals surface area contributed by atoms with E-state index in [1.807, 2.05) is 0 Å². The summed E-state index contributed by atoms with van der Waals surface area (Å²) in [7, 11) is 1.55. The van der Waals surface area contributed by atoms with Gasteiger partial charge in [0.1, 0.15) is 11.8 Å². The van der Waals surface area contributed by atoms with Gasteiger partial charge in [0.05, 0.1) is 19.7 Å². The molecule has 1 aliphatic rings. The number of halogens is 2. The smallest absolute Gasteiger partial charge is 0.268 e. The molecule has 2 heterocycles. The van der Waals surface area contributed by atoms with Crippen molar-refractivity contribution in [2.24, 2.45) is 0 Å². The number of Topliss-reactive ketones (excluding diaryl/α,β-unsaturated/α-hetero) is 1. The van der Waals surface area contributed by atoms with Gasteiger partial charge < -0.3 is 9.64 Å². The van der Waals surface area contributed by atoms with Crippen molar-refractivity contribution in [3.8, 4) is 22.9 Å². The Kier molecular flexibility index (Phi) is 5.87. The number of nitriles is 1. The van der Waals surface area contributed by atoms with Gasteiger partial charge in [-0.2, -0.15) is 5.26 Å². The summed E-state index contributed by atoms with van der Waals surface area (Å²) in [6, 6.07) is 9.24. The molecule has 1 amide bonds. The van der Waals surface area contributed by atoms with Crippen LogP contribution >= 0.6 is 0 Å². The molecule has 0 unspecified atom stereocenters. The number of aromatic nitrogens is 1. The van der Waals surface area contributed by atoms with Gasteiger partial charge >= 0.3 is 0 Å². The number of ether oxygens (including phenoxy) is 1. The minimum absolute atomic E-state index is 0.147. The van der Waals surface area contributed by atoms with Crippen molar-refractivity contribution in [2.75, 3.05) is 13.7 Å². The average molecular weight is 399 g/mol. The fourth-order valence-electron chi connectivity index (χ4n) is 3.33. The number of hydrogen-bond acceptors (Lipinski definition) is 5. The molecule has 8 heteroatoms. The van der Waals surface area contributed by atoms with Crippen LogP contribution < -0.4 is 4.74 Å². The van der Waals surface area contributed by atoms with Crippen LogP contribution in [0.1, 0.15) is 29.6 Å². The number of rotatable bonds is 6. The highest BCUT2D eigenvalue weighted by Gasteiger charge is 2.47. The van der Waals surface area contributed by atoms with E-state index in [1.54, 1.807) is 49.7 Å². The minimum atomic E-state index is -3.08. The number of amides is 1. The van der Waals surface area contributed by atoms with E-state index >= 15 is 0 Å². The third-order valence-corrected chi connectivity index (χ3v) is 4.83. The van der Waals surface area contributed by atoms with E-state index in [-0.39, 0.29) is 18.6 Å². The predicted octanol–water partition coefficient (Wildman–Crippen LogP) is 3.48. The van der Waals surface area contributed by atoms with Crippen LogP contribution in [0.2, 0.25) is 0 Å². The molecule has 2 aromatic rings. The van der Waals surface area contributed by atoms with Gasteiger partial charge in [0, 0.05) is 42.8 Å². The summed E-state index contributed by atoms with van der Waals surface area (Å²) < 4.78 is 32.2. The number of likely N-dealkylation sites (tertiary alicyclic amines) is 1. The number of ketones is 1. The van der Waals surface area contributed by atoms with Crippen molar-refractivity contribution < 1.29 is 23.1 Å². The molecule has 0 spiro atoms. The Balaban J connectivity index is 1.72. The van der Waals surface area contributed by atoms with E-state index in [2.05, 4.69) is 4.98 Å². The zero-order valence-corrected chi connectivity index (χ0v) is 15.8. The number of nitrogens with zero attached hydrogens (tertiary/aromatic N) is 3. The van der Waals surface area contributed by atoms with Crippen LogP contribution in [0, 0.1) is 11.3 Å². The maximum atomic E-state index is 13.5. The molecule has 0 bridgehead atoms. The summed E-state index contributed by atoms with van der Waals surface area (Å²) in [6.45, 7) is -0.787. The SMILES string of the molecule is COc1ccc(-c2cnccc2C(=O)CCC(=O)N2CC(F)(F)C[C@H]2C#N)cc1. The fraction of sp³-hybridized carbons (Fsp3) is 0.333. The van der Waals surface area contributed by atoms with Gasteiger partial charge in [-0.15, -0.1) is 0 Å². The van der Waals surface area contributed by atoms with E-state index in [4.69, 9.17) is 10.00 Å². The van der Waals surface area contributed by atoms with Crippen molar-refractivity contribution >= 4 is 11.7 Å². The molecule has 0 radical (unpaired) electrons. The third-order valence-electron chi connectivity index (χ3n) is 4.83. The molecule has 1 saturated heterocycles. The Morgan fingerprint density at radius 1 is 1.28 bits per heavy atom. The van der Waals surface area contributed by atoms with E-state index in [0.717, 1.165) is 10.5 Å². The number of carbonyl (C=O) groups excluding carboxylic acids is 2. The summed E-state index contributed by atoms with van der Waals surface area (Å²) in [4.78, 5) is 30.0. The lowest BCUT2D eigenvalue weighted by Crippen LogP contribution is -2.36. The Hall–Kier alpha value is -3.34. The van der Waals surface area contributed by atoms with E-state index in [1.165, 1.54) is 6.20 Å². The summed E-state index contributed by atoms with van der Waals surface area (Å²) in [5.41, 5.74) is 1.76. The van der Waals surface area contributed by atoms with Crippen molar-refractivity contribution in [3.63, 3.8) is 0 Å². The van der Waals surface area contributed by atoms with Crippen LogP contribution in [-0.4, -0.2) is 47.2 Å². The van der Waals surface area contributed by atoms with Crippen LogP contribution in [-0.2, 0) is 4.79 Å². The van der Waals surface area contributed by atoms with Crippen molar-refractivity contribution in [2.45, 2.75) is 31.2 Å². The zero-order chi connectivity index (χ0) is 21.0. The highest BCUT2D eigenvalue weighted by Crippen LogP contribution is 2.32. The molecule has 6 nitrogen and oxygen atoms in total. The molecule has 1 fully saturated rings. The fourth-order valence-corrected chi connectivity index (χ4v) is 3.33. The second-order valence-electron chi connectivity index (χ2n) is 6.80. The summed E-state index contributed by atoms with van der Waals surface area (Å²) >= 11 is 0. The molecule has 1 aromatic heterocycles. The Bertz CT molecular complexity index is 954. The van der Waals surface area contributed by atoms with Gasteiger partial charge in [-0.1, -0.05) is 12.1 Å². The largest absolute Gasteiger partial charge is 0.497 e. The van der Waals surface area contributed by atoms with E-state index in [9.17, 15) is 18.4 Å². The van der Waals surface area contributed by atoms with Gasteiger partial charge in [0.25, 0.3) is 5.92 Å². The van der Waals surface area contributed by atoms with E-state index < -0.39 is 30.8 Å². The minimum Gasteiger partial charge on any atom is -0.497 e. The van der Waals surface area contributed by atoms with Gasteiger partial charge in [-0.25, -0.2) is 8.78 Å². The first-order chi connectivity index (χ1) is 13.8. The zero-order valence-electron chi connectivity index (χ0n) is 15.8. The maximum absolute atomic E-state index is 13.5. The quantitative estimate of drug-likeness (QED) is 0.695. The Morgan fingerprint density at radius 2 is 2.00 bits per heavy atom. The first-order valence-corrected chi connectivity index (χ1v) is 9.03. The van der Waals surface area contributed by atoms with Crippen LogP contribution in [0.5, 0.6) is 5.75 Å².